The Labute approximate surface area is 105 Å². The summed E-state index contributed by atoms with van der Waals surface area (Å²) in [5, 5.41) is 8.53. The van der Waals surface area contributed by atoms with Crippen LogP contribution in [-0.2, 0) is 0 Å². The molecule has 0 aliphatic heterocycles. The molecule has 0 fully saturated rings. The zero-order valence-electron chi connectivity index (χ0n) is 10.8. The molecule has 1 rings (SSSR count). The number of hydrogen-bond donors (Lipinski definition) is 0. The normalized spacial score (nSPS) is 12.5. The van der Waals surface area contributed by atoms with Gasteiger partial charge < -0.3 is 0 Å². The SMILES string of the molecule is CCCCC(C/C=C/C#N)c1ccc(C)cc1. The van der Waals surface area contributed by atoms with E-state index in [-0.39, 0.29) is 0 Å². The predicted octanol–water partition coefficient (Wildman–Crippen LogP) is 4.74. The topological polar surface area (TPSA) is 23.8 Å². The fourth-order valence-corrected chi connectivity index (χ4v) is 1.99. The zero-order chi connectivity index (χ0) is 12.5. The summed E-state index contributed by atoms with van der Waals surface area (Å²) in [6.07, 6.45) is 8.22. The molecule has 17 heavy (non-hydrogen) atoms. The molecule has 1 nitrogen and oxygen atoms in total. The van der Waals surface area contributed by atoms with Crippen molar-refractivity contribution in [3.05, 3.63) is 47.5 Å². The summed E-state index contributed by atoms with van der Waals surface area (Å²) in [4.78, 5) is 0. The van der Waals surface area contributed by atoms with Gasteiger partial charge in [0.05, 0.1) is 6.07 Å². The number of nitriles is 1. The van der Waals surface area contributed by atoms with Gasteiger partial charge in [0.1, 0.15) is 0 Å². The van der Waals surface area contributed by atoms with E-state index in [1.807, 2.05) is 6.08 Å². The summed E-state index contributed by atoms with van der Waals surface area (Å²) in [6.45, 7) is 4.33. The Bertz CT molecular complexity index is 381. The lowest BCUT2D eigenvalue weighted by molar-refractivity contribution is 0.590. The van der Waals surface area contributed by atoms with Crippen molar-refractivity contribution in [2.24, 2.45) is 0 Å². The van der Waals surface area contributed by atoms with Gasteiger partial charge in [0.2, 0.25) is 0 Å². The summed E-state index contributed by atoms with van der Waals surface area (Å²) >= 11 is 0. The van der Waals surface area contributed by atoms with Crippen LogP contribution in [0, 0.1) is 18.3 Å². The molecule has 0 N–H and O–H groups in total. The third-order valence-electron chi connectivity index (χ3n) is 3.07. The minimum atomic E-state index is 0.556. The molecular weight excluding hydrogens is 206 g/mol. The van der Waals surface area contributed by atoms with Crippen molar-refractivity contribution >= 4 is 0 Å². The highest BCUT2D eigenvalue weighted by molar-refractivity contribution is 5.25. The first-order valence-electron chi connectivity index (χ1n) is 6.39. The Balaban J connectivity index is 2.71. The first-order chi connectivity index (χ1) is 8.27. The zero-order valence-corrected chi connectivity index (χ0v) is 10.8. The van der Waals surface area contributed by atoms with Crippen molar-refractivity contribution in [2.75, 3.05) is 0 Å². The second kappa shape index (κ2) is 7.68. The first-order valence-corrected chi connectivity index (χ1v) is 6.39. The average Bonchev–Trinajstić information content (AvgIpc) is 2.35. The van der Waals surface area contributed by atoms with Gasteiger partial charge in [-0.3, -0.25) is 0 Å². The van der Waals surface area contributed by atoms with Crippen molar-refractivity contribution < 1.29 is 0 Å². The molecule has 90 valence electrons. The Kier molecular flexibility index (Phi) is 6.10. The lowest BCUT2D eigenvalue weighted by Gasteiger charge is -2.15. The van der Waals surface area contributed by atoms with Crippen molar-refractivity contribution in [1.29, 1.82) is 5.26 Å². The summed E-state index contributed by atoms with van der Waals surface area (Å²) in [5.74, 6) is 0.556. The van der Waals surface area contributed by atoms with Gasteiger partial charge in [0, 0.05) is 6.08 Å². The second-order valence-electron chi connectivity index (χ2n) is 4.52. The van der Waals surface area contributed by atoms with Crippen LogP contribution in [-0.4, -0.2) is 0 Å². The highest BCUT2D eigenvalue weighted by Crippen LogP contribution is 2.26. The van der Waals surface area contributed by atoms with Crippen LogP contribution in [0.15, 0.2) is 36.4 Å². The molecule has 0 spiro atoms. The van der Waals surface area contributed by atoms with Crippen LogP contribution in [0.3, 0.4) is 0 Å². The molecule has 1 aromatic rings. The van der Waals surface area contributed by atoms with E-state index < -0.39 is 0 Å². The molecule has 0 aliphatic rings. The maximum Gasteiger partial charge on any atom is 0.0908 e. The molecular formula is C16H21N. The molecule has 0 heterocycles. The summed E-state index contributed by atoms with van der Waals surface area (Å²) in [7, 11) is 0. The van der Waals surface area contributed by atoms with E-state index in [1.165, 1.54) is 30.4 Å². The van der Waals surface area contributed by atoms with Crippen LogP contribution < -0.4 is 0 Å². The lowest BCUT2D eigenvalue weighted by atomic mass is 9.90. The summed E-state index contributed by atoms with van der Waals surface area (Å²) in [5.41, 5.74) is 2.70. The smallest absolute Gasteiger partial charge is 0.0908 e. The van der Waals surface area contributed by atoms with Gasteiger partial charge in [-0.15, -0.1) is 0 Å². The minimum Gasteiger partial charge on any atom is -0.193 e. The number of nitrogens with zero attached hydrogens (tertiary/aromatic N) is 1. The predicted molar refractivity (Wildman–Crippen MR) is 72.8 cm³/mol. The van der Waals surface area contributed by atoms with Crippen molar-refractivity contribution in [3.63, 3.8) is 0 Å². The van der Waals surface area contributed by atoms with Crippen LogP contribution in [0.25, 0.3) is 0 Å². The van der Waals surface area contributed by atoms with Crippen molar-refractivity contribution in [2.45, 2.75) is 45.4 Å². The summed E-state index contributed by atoms with van der Waals surface area (Å²) in [6, 6.07) is 10.8. The Morgan fingerprint density at radius 1 is 1.29 bits per heavy atom. The summed E-state index contributed by atoms with van der Waals surface area (Å²) < 4.78 is 0. The van der Waals surface area contributed by atoms with Gasteiger partial charge >= 0.3 is 0 Å². The van der Waals surface area contributed by atoms with Gasteiger partial charge in [-0.2, -0.15) is 5.26 Å². The number of aryl methyl sites for hydroxylation is 1. The maximum absolute atomic E-state index is 8.53. The minimum absolute atomic E-state index is 0.556. The van der Waals surface area contributed by atoms with E-state index in [1.54, 1.807) is 6.08 Å². The largest absolute Gasteiger partial charge is 0.193 e. The van der Waals surface area contributed by atoms with Crippen molar-refractivity contribution in [1.82, 2.24) is 0 Å². The van der Waals surface area contributed by atoms with Crippen LogP contribution >= 0.6 is 0 Å². The Morgan fingerprint density at radius 2 is 2.00 bits per heavy atom. The molecule has 0 bridgehead atoms. The molecule has 0 saturated heterocycles. The average molecular weight is 227 g/mol. The standard InChI is InChI=1S/C16H21N/c1-3-4-7-15(8-5-6-13-17)16-11-9-14(2)10-12-16/h5-6,9-12,15H,3-4,7-8H2,1-2H3/b6-5+. The fraction of sp³-hybridized carbons (Fsp3) is 0.438. The highest BCUT2D eigenvalue weighted by atomic mass is 14.2. The Morgan fingerprint density at radius 3 is 2.59 bits per heavy atom. The fourth-order valence-electron chi connectivity index (χ4n) is 1.99. The van der Waals surface area contributed by atoms with Crippen LogP contribution in [0.2, 0.25) is 0 Å². The van der Waals surface area contributed by atoms with Crippen LogP contribution in [0.1, 0.15) is 49.7 Å². The van der Waals surface area contributed by atoms with E-state index in [2.05, 4.69) is 44.2 Å². The third kappa shape index (κ3) is 4.87. The van der Waals surface area contributed by atoms with Crippen LogP contribution in [0.5, 0.6) is 0 Å². The molecule has 1 unspecified atom stereocenters. The van der Waals surface area contributed by atoms with Crippen LogP contribution in [0.4, 0.5) is 0 Å². The first kappa shape index (κ1) is 13.5. The molecule has 0 saturated carbocycles. The van der Waals surface area contributed by atoms with Gasteiger partial charge in [0.25, 0.3) is 0 Å². The number of allylic oxidation sites excluding steroid dienone is 2. The van der Waals surface area contributed by atoms with E-state index in [0.29, 0.717) is 5.92 Å². The molecule has 1 aromatic carbocycles. The highest BCUT2D eigenvalue weighted by Gasteiger charge is 2.08. The maximum atomic E-state index is 8.53. The van der Waals surface area contributed by atoms with E-state index in [0.717, 1.165) is 6.42 Å². The second-order valence-corrected chi connectivity index (χ2v) is 4.52. The number of hydrogen-bond acceptors (Lipinski definition) is 1. The monoisotopic (exact) mass is 227 g/mol. The molecule has 0 aliphatic carbocycles. The van der Waals surface area contributed by atoms with Gasteiger partial charge in [-0.1, -0.05) is 55.7 Å². The molecule has 0 radical (unpaired) electrons. The van der Waals surface area contributed by atoms with Crippen molar-refractivity contribution in [3.8, 4) is 6.07 Å². The molecule has 0 amide bonds. The molecule has 1 atom stereocenters. The van der Waals surface area contributed by atoms with Gasteiger partial charge in [0.15, 0.2) is 0 Å². The van der Waals surface area contributed by atoms with E-state index in [9.17, 15) is 0 Å². The number of unbranched alkanes of at least 4 members (excludes halogenated alkanes) is 1. The molecule has 0 aromatic heterocycles. The quantitative estimate of drug-likeness (QED) is 0.644. The van der Waals surface area contributed by atoms with Gasteiger partial charge in [-0.05, 0) is 31.2 Å². The third-order valence-corrected chi connectivity index (χ3v) is 3.07. The lowest BCUT2D eigenvalue weighted by Crippen LogP contribution is -1.98. The Hall–Kier alpha value is -1.55. The number of benzene rings is 1. The van der Waals surface area contributed by atoms with E-state index >= 15 is 0 Å². The molecule has 1 heteroatoms. The number of rotatable bonds is 6. The van der Waals surface area contributed by atoms with E-state index in [4.69, 9.17) is 5.26 Å². The van der Waals surface area contributed by atoms with Gasteiger partial charge in [-0.25, -0.2) is 0 Å².